The van der Waals surface area contributed by atoms with E-state index in [-0.39, 0.29) is 18.1 Å². The van der Waals surface area contributed by atoms with Crippen LogP contribution in [0.4, 0.5) is 10.1 Å². The molecule has 0 saturated carbocycles. The van der Waals surface area contributed by atoms with Crippen LogP contribution in [0.1, 0.15) is 10.7 Å². The van der Waals surface area contributed by atoms with E-state index >= 15 is 0 Å². The van der Waals surface area contributed by atoms with Crippen molar-refractivity contribution in [3.63, 3.8) is 0 Å². The Bertz CT molecular complexity index is 522. The molecule has 1 N–H and O–H groups in total. The van der Waals surface area contributed by atoms with Gasteiger partial charge >= 0.3 is 0 Å². The first kappa shape index (κ1) is 11.7. The largest absolute Gasteiger partial charge is 0.326 e. The van der Waals surface area contributed by atoms with Crippen LogP contribution in [-0.4, -0.2) is 10.9 Å². The minimum Gasteiger partial charge on any atom is -0.326 e. The first-order valence-corrected chi connectivity index (χ1v) is 5.98. The highest BCUT2D eigenvalue weighted by Crippen LogP contribution is 2.11. The smallest absolute Gasteiger partial charge is 0.230 e. The topological polar surface area (TPSA) is 42.0 Å². The number of hydrogen-bond donors (Lipinski definition) is 1. The van der Waals surface area contributed by atoms with Crippen molar-refractivity contribution < 1.29 is 9.18 Å². The summed E-state index contributed by atoms with van der Waals surface area (Å²) < 4.78 is 12.7. The number of carbonyl (C=O) groups is 1. The molecule has 0 aliphatic heterocycles. The molecule has 0 bridgehead atoms. The number of aromatic nitrogens is 1. The molecule has 2 rings (SSSR count). The van der Waals surface area contributed by atoms with Crippen molar-refractivity contribution in [2.24, 2.45) is 0 Å². The molecule has 1 aromatic carbocycles. The van der Waals surface area contributed by atoms with Crippen LogP contribution in [0, 0.1) is 12.7 Å². The van der Waals surface area contributed by atoms with Gasteiger partial charge in [-0.2, -0.15) is 0 Å². The molecule has 0 saturated heterocycles. The van der Waals surface area contributed by atoms with Crippen molar-refractivity contribution >= 4 is 22.9 Å². The van der Waals surface area contributed by atoms with E-state index in [2.05, 4.69) is 10.3 Å². The highest BCUT2D eigenvalue weighted by molar-refractivity contribution is 7.09. The van der Waals surface area contributed by atoms with Crippen molar-refractivity contribution in [3.05, 3.63) is 46.2 Å². The summed E-state index contributed by atoms with van der Waals surface area (Å²) in [5, 5.41) is 5.49. The van der Waals surface area contributed by atoms with Gasteiger partial charge in [0.2, 0.25) is 5.91 Å². The molecule has 1 aromatic heterocycles. The Morgan fingerprint density at radius 1 is 1.41 bits per heavy atom. The van der Waals surface area contributed by atoms with Gasteiger partial charge in [-0.05, 0) is 31.2 Å². The number of aryl methyl sites for hydroxylation is 1. The average molecular weight is 250 g/mol. The third-order valence-electron chi connectivity index (χ3n) is 2.14. The number of nitrogens with zero attached hydrogens (tertiary/aromatic N) is 1. The predicted molar refractivity (Wildman–Crippen MR) is 65.6 cm³/mol. The Morgan fingerprint density at radius 2 is 2.12 bits per heavy atom. The third-order valence-corrected chi connectivity index (χ3v) is 2.96. The zero-order valence-electron chi connectivity index (χ0n) is 9.24. The third kappa shape index (κ3) is 3.35. The van der Waals surface area contributed by atoms with Gasteiger partial charge in [-0.25, -0.2) is 9.37 Å². The minimum absolute atomic E-state index is 0.151. The Hall–Kier alpha value is -1.75. The second-order valence-electron chi connectivity index (χ2n) is 3.59. The lowest BCUT2D eigenvalue weighted by atomic mass is 10.3. The lowest BCUT2D eigenvalue weighted by molar-refractivity contribution is -0.115. The number of thiazole rings is 1. The van der Waals surface area contributed by atoms with Gasteiger partial charge in [-0.15, -0.1) is 11.3 Å². The van der Waals surface area contributed by atoms with Gasteiger partial charge in [0.1, 0.15) is 5.82 Å². The zero-order valence-corrected chi connectivity index (χ0v) is 10.1. The molecule has 5 heteroatoms. The zero-order chi connectivity index (χ0) is 12.3. The molecule has 0 spiro atoms. The van der Waals surface area contributed by atoms with Crippen molar-refractivity contribution in [1.29, 1.82) is 0 Å². The molecule has 0 fully saturated rings. The summed E-state index contributed by atoms with van der Waals surface area (Å²) in [7, 11) is 0. The molecule has 0 atom stereocenters. The van der Waals surface area contributed by atoms with E-state index in [1.807, 2.05) is 12.3 Å². The standard InChI is InChI=1S/C12H11FN2OS/c1-8-14-11(7-17-8)6-12(16)15-10-4-2-9(13)3-5-10/h2-5,7H,6H2,1H3,(H,15,16). The van der Waals surface area contributed by atoms with Crippen LogP contribution in [0.15, 0.2) is 29.6 Å². The predicted octanol–water partition coefficient (Wildman–Crippen LogP) is 2.77. The monoisotopic (exact) mass is 250 g/mol. The first-order chi connectivity index (χ1) is 8.13. The van der Waals surface area contributed by atoms with E-state index in [1.54, 1.807) is 0 Å². The maximum absolute atomic E-state index is 12.7. The fourth-order valence-corrected chi connectivity index (χ4v) is 2.00. The van der Waals surface area contributed by atoms with E-state index in [0.29, 0.717) is 5.69 Å². The Morgan fingerprint density at radius 3 is 2.71 bits per heavy atom. The molecule has 3 nitrogen and oxygen atoms in total. The fourth-order valence-electron chi connectivity index (χ4n) is 1.39. The number of nitrogens with one attached hydrogen (secondary N) is 1. The summed E-state index contributed by atoms with van der Waals surface area (Å²) in [6.45, 7) is 1.89. The second-order valence-corrected chi connectivity index (χ2v) is 4.65. The van der Waals surface area contributed by atoms with Gasteiger partial charge in [0.15, 0.2) is 0 Å². The molecular weight excluding hydrogens is 239 g/mol. The number of carbonyl (C=O) groups excluding carboxylic acids is 1. The van der Waals surface area contributed by atoms with Gasteiger partial charge < -0.3 is 5.32 Å². The Balaban J connectivity index is 1.95. The van der Waals surface area contributed by atoms with E-state index in [1.165, 1.54) is 35.6 Å². The Kier molecular flexibility index (Phi) is 3.49. The van der Waals surface area contributed by atoms with E-state index in [4.69, 9.17) is 0 Å². The number of rotatable bonds is 3. The summed E-state index contributed by atoms with van der Waals surface area (Å²) in [5.74, 6) is -0.472. The number of halogens is 1. The summed E-state index contributed by atoms with van der Waals surface area (Å²) in [6, 6.07) is 5.67. The molecule has 1 amide bonds. The van der Waals surface area contributed by atoms with Crippen LogP contribution in [-0.2, 0) is 11.2 Å². The minimum atomic E-state index is -0.321. The summed E-state index contributed by atoms with van der Waals surface area (Å²) in [6.07, 6.45) is 0.238. The SMILES string of the molecule is Cc1nc(CC(=O)Nc2ccc(F)cc2)cs1. The van der Waals surface area contributed by atoms with Crippen molar-refractivity contribution in [2.75, 3.05) is 5.32 Å². The molecule has 17 heavy (non-hydrogen) atoms. The summed E-state index contributed by atoms with van der Waals surface area (Å²) in [4.78, 5) is 15.8. The van der Waals surface area contributed by atoms with Gasteiger partial charge in [-0.1, -0.05) is 0 Å². The molecular formula is C12H11FN2OS. The number of anilines is 1. The van der Waals surface area contributed by atoms with E-state index in [0.717, 1.165) is 10.7 Å². The summed E-state index contributed by atoms with van der Waals surface area (Å²) in [5.41, 5.74) is 1.34. The van der Waals surface area contributed by atoms with Crippen LogP contribution in [0.2, 0.25) is 0 Å². The molecule has 0 aliphatic rings. The number of amides is 1. The van der Waals surface area contributed by atoms with Crippen molar-refractivity contribution in [2.45, 2.75) is 13.3 Å². The summed E-state index contributed by atoms with van der Waals surface area (Å²) >= 11 is 1.51. The number of benzene rings is 1. The number of hydrogen-bond acceptors (Lipinski definition) is 3. The van der Waals surface area contributed by atoms with Gasteiger partial charge in [0.25, 0.3) is 0 Å². The molecule has 0 unspecified atom stereocenters. The highest BCUT2D eigenvalue weighted by atomic mass is 32.1. The molecule has 0 aliphatic carbocycles. The average Bonchev–Trinajstić information content (AvgIpc) is 2.67. The highest BCUT2D eigenvalue weighted by Gasteiger charge is 2.06. The molecule has 2 aromatic rings. The van der Waals surface area contributed by atoms with E-state index in [9.17, 15) is 9.18 Å². The first-order valence-electron chi connectivity index (χ1n) is 5.10. The fraction of sp³-hybridized carbons (Fsp3) is 0.167. The van der Waals surface area contributed by atoms with Crippen LogP contribution < -0.4 is 5.32 Å². The van der Waals surface area contributed by atoms with Crippen LogP contribution in [0.5, 0.6) is 0 Å². The van der Waals surface area contributed by atoms with Crippen LogP contribution in [0.3, 0.4) is 0 Å². The lowest BCUT2D eigenvalue weighted by Gasteiger charge is -2.03. The molecule has 1 heterocycles. The van der Waals surface area contributed by atoms with Crippen LogP contribution >= 0.6 is 11.3 Å². The lowest BCUT2D eigenvalue weighted by Crippen LogP contribution is -2.14. The second kappa shape index (κ2) is 5.05. The maximum atomic E-state index is 12.7. The van der Waals surface area contributed by atoms with Crippen molar-refractivity contribution in [3.8, 4) is 0 Å². The maximum Gasteiger partial charge on any atom is 0.230 e. The normalized spacial score (nSPS) is 10.2. The van der Waals surface area contributed by atoms with Gasteiger partial charge in [0, 0.05) is 11.1 Å². The Labute approximate surface area is 102 Å². The quantitative estimate of drug-likeness (QED) is 0.910. The molecule has 88 valence electrons. The van der Waals surface area contributed by atoms with Crippen LogP contribution in [0.25, 0.3) is 0 Å². The molecule has 0 radical (unpaired) electrons. The van der Waals surface area contributed by atoms with Crippen molar-refractivity contribution in [1.82, 2.24) is 4.98 Å². The van der Waals surface area contributed by atoms with Gasteiger partial charge in [0.05, 0.1) is 17.1 Å². The van der Waals surface area contributed by atoms with E-state index < -0.39 is 0 Å². The van der Waals surface area contributed by atoms with Gasteiger partial charge in [-0.3, -0.25) is 4.79 Å².